The highest BCUT2D eigenvalue weighted by molar-refractivity contribution is 7.90. The van der Waals surface area contributed by atoms with E-state index in [2.05, 4.69) is 15.1 Å². The first-order valence-electron chi connectivity index (χ1n) is 7.33. The lowest BCUT2D eigenvalue weighted by Gasteiger charge is -2.19. The van der Waals surface area contributed by atoms with Crippen LogP contribution >= 0.6 is 0 Å². The number of amidine groups is 2. The minimum atomic E-state index is -3.31. The lowest BCUT2D eigenvalue weighted by atomic mass is 10.1. The largest absolute Gasteiger partial charge is 0.461 e. The number of hydrogen-bond acceptors (Lipinski definition) is 7. The zero-order chi connectivity index (χ0) is 17.7. The Morgan fingerprint density at radius 2 is 2.04 bits per heavy atom. The predicted molar refractivity (Wildman–Crippen MR) is 93.1 cm³/mol. The van der Waals surface area contributed by atoms with Crippen LogP contribution in [0.2, 0.25) is 0 Å². The van der Waals surface area contributed by atoms with E-state index in [1.807, 2.05) is 0 Å². The average molecular weight is 356 g/mol. The molecule has 0 spiro atoms. The van der Waals surface area contributed by atoms with Gasteiger partial charge in [0, 0.05) is 11.8 Å². The highest BCUT2D eigenvalue weighted by Crippen LogP contribution is 2.27. The van der Waals surface area contributed by atoms with Crippen molar-refractivity contribution < 1.29 is 17.5 Å². The van der Waals surface area contributed by atoms with Crippen LogP contribution in [0.3, 0.4) is 0 Å². The first-order valence-corrected chi connectivity index (χ1v) is 9.22. The number of sulfone groups is 1. The molecule has 2 aliphatic rings. The van der Waals surface area contributed by atoms with E-state index < -0.39 is 14.5 Å². The van der Waals surface area contributed by atoms with Crippen LogP contribution in [0.25, 0.3) is 5.70 Å². The number of nitrogens with zero attached hydrogens (tertiary/aromatic N) is 4. The van der Waals surface area contributed by atoms with E-state index in [1.165, 1.54) is 18.5 Å². The summed E-state index contributed by atoms with van der Waals surface area (Å²) >= 11 is 0. The Morgan fingerprint density at radius 1 is 1.20 bits per heavy atom. The van der Waals surface area contributed by atoms with Crippen molar-refractivity contribution in [2.45, 2.75) is 4.90 Å². The van der Waals surface area contributed by atoms with Gasteiger partial charge in [0.05, 0.1) is 11.2 Å². The Bertz CT molecular complexity index is 1080. The molecule has 0 saturated carbocycles. The summed E-state index contributed by atoms with van der Waals surface area (Å²) in [6, 6.07) is 10.00. The number of rotatable bonds is 3. The minimum absolute atomic E-state index is 0.213. The normalized spacial score (nSPS) is 22.2. The van der Waals surface area contributed by atoms with Gasteiger partial charge in [-0.3, -0.25) is 0 Å². The summed E-state index contributed by atoms with van der Waals surface area (Å²) in [7, 11) is -3.31. The van der Waals surface area contributed by atoms with Gasteiger partial charge in [-0.15, -0.1) is 5.84 Å². The van der Waals surface area contributed by atoms with E-state index in [1.54, 1.807) is 36.5 Å². The zero-order valence-corrected chi connectivity index (χ0v) is 14.0. The van der Waals surface area contributed by atoms with Crippen molar-refractivity contribution in [1.82, 2.24) is 0 Å². The molecule has 25 heavy (non-hydrogen) atoms. The highest BCUT2D eigenvalue weighted by atomic mass is 32.2. The molecule has 2 aromatic rings. The Hall–Kier alpha value is -2.88. The van der Waals surface area contributed by atoms with Crippen molar-refractivity contribution in [2.75, 3.05) is 6.26 Å². The SMILES string of the molecule is CS(=O)(=O)c1cccc(C2=C[N+]3(N)N=C(c4ccco4)N=C3C=N2)c1. The van der Waals surface area contributed by atoms with E-state index in [-0.39, 0.29) is 4.90 Å². The van der Waals surface area contributed by atoms with Crippen molar-refractivity contribution in [1.29, 1.82) is 0 Å². The van der Waals surface area contributed by atoms with Crippen molar-refractivity contribution in [3.63, 3.8) is 0 Å². The summed E-state index contributed by atoms with van der Waals surface area (Å²) < 4.78 is 28.4. The van der Waals surface area contributed by atoms with Gasteiger partial charge in [-0.25, -0.2) is 13.4 Å². The van der Waals surface area contributed by atoms with Gasteiger partial charge in [-0.2, -0.15) is 4.99 Å². The van der Waals surface area contributed by atoms with E-state index in [0.717, 1.165) is 6.26 Å². The second kappa shape index (κ2) is 5.31. The first kappa shape index (κ1) is 15.6. The average Bonchev–Trinajstić information content (AvgIpc) is 3.20. The lowest BCUT2D eigenvalue weighted by molar-refractivity contribution is -0.802. The number of fused-ring (bicyclic) bond motifs is 1. The van der Waals surface area contributed by atoms with Crippen LogP contribution in [0.1, 0.15) is 11.3 Å². The van der Waals surface area contributed by atoms with Crippen molar-refractivity contribution in [2.24, 2.45) is 20.9 Å². The number of nitrogens with two attached hydrogens (primary N) is 1. The number of benzene rings is 1. The molecule has 0 aliphatic carbocycles. The zero-order valence-electron chi connectivity index (χ0n) is 13.2. The smallest absolute Gasteiger partial charge is 0.300 e. The molecule has 2 aliphatic heterocycles. The molecular weight excluding hydrogens is 342 g/mol. The maximum Gasteiger partial charge on any atom is 0.300 e. The third-order valence-electron chi connectivity index (χ3n) is 3.79. The van der Waals surface area contributed by atoms with E-state index in [9.17, 15) is 8.42 Å². The van der Waals surface area contributed by atoms with Crippen LogP contribution < -0.4 is 5.84 Å². The standard InChI is InChI=1S/C16H14N5O3S/c1-25(22,23)12-5-2-4-11(8-12)13-10-21(17)15(9-18-13)19-16(20-21)14-6-3-7-24-14/h2-10H,17H2,1H3/q+1. The molecule has 3 heterocycles. The molecule has 1 aromatic carbocycles. The third kappa shape index (κ3) is 2.74. The molecule has 9 heteroatoms. The van der Waals surface area contributed by atoms with Crippen LogP contribution in [0.5, 0.6) is 0 Å². The molecule has 2 N–H and O–H groups in total. The second-order valence-electron chi connectivity index (χ2n) is 5.68. The minimum Gasteiger partial charge on any atom is -0.461 e. The summed E-state index contributed by atoms with van der Waals surface area (Å²) in [4.78, 5) is 8.89. The van der Waals surface area contributed by atoms with Crippen LogP contribution in [-0.4, -0.2) is 37.3 Å². The Balaban J connectivity index is 1.76. The number of hydrogen-bond donors (Lipinski definition) is 1. The molecule has 8 nitrogen and oxygen atoms in total. The van der Waals surface area contributed by atoms with Gasteiger partial charge in [-0.1, -0.05) is 12.1 Å². The van der Waals surface area contributed by atoms with Gasteiger partial charge in [0.2, 0.25) is 0 Å². The monoisotopic (exact) mass is 356 g/mol. The second-order valence-corrected chi connectivity index (χ2v) is 7.70. The van der Waals surface area contributed by atoms with Crippen LogP contribution in [0.15, 0.2) is 73.3 Å². The molecule has 0 saturated heterocycles. The number of aliphatic imine (C=N–C) groups is 2. The summed E-state index contributed by atoms with van der Waals surface area (Å²) in [6.45, 7) is 0. The van der Waals surface area contributed by atoms with Crippen molar-refractivity contribution in [3.05, 3.63) is 60.2 Å². The number of quaternary nitrogens is 1. The molecule has 1 atom stereocenters. The quantitative estimate of drug-likeness (QED) is 0.664. The fourth-order valence-corrected chi connectivity index (χ4v) is 3.19. The topological polar surface area (TPSA) is 110 Å². The Morgan fingerprint density at radius 3 is 2.76 bits per heavy atom. The van der Waals surface area contributed by atoms with Crippen LogP contribution in [0, 0.1) is 0 Å². The van der Waals surface area contributed by atoms with Crippen molar-refractivity contribution in [3.8, 4) is 0 Å². The van der Waals surface area contributed by atoms with E-state index in [0.29, 0.717) is 28.7 Å². The molecule has 4 rings (SSSR count). The van der Waals surface area contributed by atoms with Crippen molar-refractivity contribution >= 4 is 33.4 Å². The fraction of sp³-hybridized carbons (Fsp3) is 0.0625. The summed E-state index contributed by atoms with van der Waals surface area (Å²) in [5.74, 6) is 7.62. The Kier molecular flexibility index (Phi) is 3.32. The summed E-state index contributed by atoms with van der Waals surface area (Å²) in [5.41, 5.74) is 1.14. The fourth-order valence-electron chi connectivity index (χ4n) is 2.53. The molecule has 0 bridgehead atoms. The molecule has 126 valence electrons. The summed E-state index contributed by atoms with van der Waals surface area (Å²) in [5, 5.41) is 4.38. The third-order valence-corrected chi connectivity index (χ3v) is 4.90. The molecule has 1 unspecified atom stereocenters. The lowest BCUT2D eigenvalue weighted by Crippen LogP contribution is -2.50. The van der Waals surface area contributed by atoms with Gasteiger partial charge < -0.3 is 4.42 Å². The highest BCUT2D eigenvalue weighted by Gasteiger charge is 2.40. The van der Waals surface area contributed by atoms with Gasteiger partial charge >= 0.3 is 0 Å². The molecule has 0 fully saturated rings. The molecule has 0 amide bonds. The maximum absolute atomic E-state index is 11.7. The van der Waals surface area contributed by atoms with Gasteiger partial charge in [0.1, 0.15) is 11.9 Å². The van der Waals surface area contributed by atoms with Gasteiger partial charge in [0.25, 0.3) is 11.7 Å². The van der Waals surface area contributed by atoms with E-state index in [4.69, 9.17) is 10.3 Å². The van der Waals surface area contributed by atoms with Gasteiger partial charge in [0.15, 0.2) is 21.8 Å². The molecular formula is C16H14N5O3S+. The summed E-state index contributed by atoms with van der Waals surface area (Å²) in [6.07, 6.45) is 5.81. The van der Waals surface area contributed by atoms with Gasteiger partial charge in [-0.05, 0) is 34.1 Å². The van der Waals surface area contributed by atoms with Crippen LogP contribution in [0.4, 0.5) is 0 Å². The number of furan rings is 1. The Labute approximate surface area is 143 Å². The van der Waals surface area contributed by atoms with E-state index >= 15 is 0 Å². The molecule has 0 radical (unpaired) electrons. The maximum atomic E-state index is 11.7. The predicted octanol–water partition coefficient (Wildman–Crippen LogP) is 1.53. The first-order chi connectivity index (χ1) is 11.9. The van der Waals surface area contributed by atoms with Crippen LogP contribution in [-0.2, 0) is 9.84 Å². The molecule has 1 aromatic heterocycles.